The normalized spacial score (nSPS) is 17.4. The van der Waals surface area contributed by atoms with Crippen LogP contribution in [0.25, 0.3) is 11.4 Å². The molecule has 2 aliphatic heterocycles. The summed E-state index contributed by atoms with van der Waals surface area (Å²) in [4.78, 5) is 6.85. The number of hydrogen-bond donors (Lipinski definition) is 1. The Kier molecular flexibility index (Phi) is 4.16. The Morgan fingerprint density at radius 2 is 1.93 bits per heavy atom. The molecule has 0 atom stereocenters. The second kappa shape index (κ2) is 6.73. The second-order valence-electron chi connectivity index (χ2n) is 8.12. The van der Waals surface area contributed by atoms with Gasteiger partial charge in [0.1, 0.15) is 12.2 Å². The lowest BCUT2D eigenvalue weighted by atomic mass is 9.82. The van der Waals surface area contributed by atoms with Gasteiger partial charge in [-0.25, -0.2) is 4.68 Å². The van der Waals surface area contributed by atoms with Crippen molar-refractivity contribution in [2.75, 3.05) is 24.6 Å². The third-order valence-corrected chi connectivity index (χ3v) is 5.44. The minimum absolute atomic E-state index is 0.0146. The van der Waals surface area contributed by atoms with Crippen LogP contribution in [-0.2, 0) is 6.54 Å². The molecule has 5 rings (SSSR count). The molecule has 1 aromatic carbocycles. The van der Waals surface area contributed by atoms with Crippen molar-refractivity contribution in [3.05, 3.63) is 48.3 Å². The van der Waals surface area contributed by atoms with Crippen molar-refractivity contribution in [1.29, 1.82) is 0 Å². The van der Waals surface area contributed by atoms with Crippen molar-refractivity contribution < 1.29 is 14.6 Å². The Morgan fingerprint density at radius 3 is 2.59 bits per heavy atom. The monoisotopic (exact) mass is 393 g/mol. The van der Waals surface area contributed by atoms with E-state index < -0.39 is 6.29 Å². The first kappa shape index (κ1) is 17.9. The molecule has 150 valence electrons. The summed E-state index contributed by atoms with van der Waals surface area (Å²) in [6, 6.07) is 9.72. The van der Waals surface area contributed by atoms with E-state index in [0.717, 1.165) is 41.5 Å². The summed E-state index contributed by atoms with van der Waals surface area (Å²) >= 11 is 0. The van der Waals surface area contributed by atoms with Gasteiger partial charge in [0, 0.05) is 18.5 Å². The Hall–Kier alpha value is -3.13. The van der Waals surface area contributed by atoms with Gasteiger partial charge in [0.2, 0.25) is 0 Å². The molecule has 2 aliphatic rings. The molecular formula is C21H23N5O3. The number of aromatic nitrogens is 4. The quantitative estimate of drug-likeness (QED) is 0.712. The van der Waals surface area contributed by atoms with Crippen LogP contribution in [0.5, 0.6) is 11.5 Å². The highest BCUT2D eigenvalue weighted by Crippen LogP contribution is 2.35. The number of hydrogen-bond acceptors (Lipinski definition) is 7. The maximum atomic E-state index is 9.44. The zero-order chi connectivity index (χ0) is 20.0. The molecule has 0 unspecified atom stereocenters. The fourth-order valence-electron chi connectivity index (χ4n) is 3.83. The molecule has 4 heterocycles. The Bertz CT molecular complexity index is 1020. The predicted molar refractivity (Wildman–Crippen MR) is 107 cm³/mol. The van der Waals surface area contributed by atoms with Crippen molar-refractivity contribution in [1.82, 2.24) is 20.0 Å². The van der Waals surface area contributed by atoms with Gasteiger partial charge in [-0.2, -0.15) is 0 Å². The molecule has 1 N–H and O–H groups in total. The summed E-state index contributed by atoms with van der Waals surface area (Å²) in [7, 11) is 0. The molecule has 0 bridgehead atoms. The molecule has 8 heteroatoms. The summed E-state index contributed by atoms with van der Waals surface area (Å²) < 4.78 is 13.3. The smallest absolute Gasteiger partial charge is 0.260 e. The van der Waals surface area contributed by atoms with Gasteiger partial charge in [0.05, 0.1) is 30.4 Å². The fourth-order valence-corrected chi connectivity index (χ4v) is 3.83. The van der Waals surface area contributed by atoms with E-state index in [0.29, 0.717) is 12.2 Å². The lowest BCUT2D eigenvalue weighted by molar-refractivity contribution is 0.0305. The molecule has 0 saturated carbocycles. The number of rotatable bonds is 5. The number of fused-ring (bicyclic) bond motifs is 1. The topological polar surface area (TPSA) is 85.5 Å². The van der Waals surface area contributed by atoms with E-state index in [2.05, 4.69) is 33.2 Å². The second-order valence-corrected chi connectivity index (χ2v) is 8.12. The zero-order valence-electron chi connectivity index (χ0n) is 16.4. The van der Waals surface area contributed by atoms with Crippen molar-refractivity contribution in [3.8, 4) is 22.9 Å². The first-order valence-electron chi connectivity index (χ1n) is 9.68. The van der Waals surface area contributed by atoms with Crippen LogP contribution >= 0.6 is 0 Å². The van der Waals surface area contributed by atoms with Gasteiger partial charge < -0.3 is 19.5 Å². The van der Waals surface area contributed by atoms with Crippen LogP contribution in [-0.4, -0.2) is 51.1 Å². The highest BCUT2D eigenvalue weighted by Gasteiger charge is 2.38. The van der Waals surface area contributed by atoms with Gasteiger partial charge in [-0.1, -0.05) is 24.3 Å². The number of aryl methyl sites for hydroxylation is 1. The largest absolute Gasteiger partial charge is 0.449 e. The number of benzene rings is 1. The Labute approximate surface area is 168 Å². The summed E-state index contributed by atoms with van der Waals surface area (Å²) in [5.41, 5.74) is 3.61. The van der Waals surface area contributed by atoms with Gasteiger partial charge in [0.15, 0.2) is 11.5 Å². The molecule has 0 radical (unpaired) electrons. The van der Waals surface area contributed by atoms with E-state index in [9.17, 15) is 5.11 Å². The summed E-state index contributed by atoms with van der Waals surface area (Å²) in [6.07, 6.45) is 3.29. The Morgan fingerprint density at radius 1 is 1.21 bits per heavy atom. The summed E-state index contributed by atoms with van der Waals surface area (Å²) in [5, 5.41) is 17.9. The number of pyridine rings is 1. The van der Waals surface area contributed by atoms with Gasteiger partial charge in [0.25, 0.3) is 6.29 Å². The minimum atomic E-state index is -0.425. The first-order valence-corrected chi connectivity index (χ1v) is 9.68. The molecule has 8 nitrogen and oxygen atoms in total. The lowest BCUT2D eigenvalue weighted by Gasteiger charge is -2.48. The van der Waals surface area contributed by atoms with E-state index in [4.69, 9.17) is 9.47 Å². The third-order valence-electron chi connectivity index (χ3n) is 5.44. The summed E-state index contributed by atoms with van der Waals surface area (Å²) in [6.45, 7) is 6.43. The molecule has 1 fully saturated rings. The highest BCUT2D eigenvalue weighted by atomic mass is 16.7. The van der Waals surface area contributed by atoms with E-state index >= 15 is 0 Å². The van der Waals surface area contributed by atoms with Crippen LogP contribution in [0.2, 0.25) is 0 Å². The molecule has 0 amide bonds. The standard InChI is InChI=1S/C21H23N5O3/c1-14-7-15(25-11-21(2,12-25)13-27)8-22-20(14)16-9-26(24-23-16)10-19-28-17-5-3-4-6-18(17)29-19/h3-9,19,27H,10-13H2,1-2H3. The molecule has 0 aliphatic carbocycles. The van der Waals surface area contributed by atoms with Crippen LogP contribution in [0, 0.1) is 12.3 Å². The van der Waals surface area contributed by atoms with Crippen LogP contribution < -0.4 is 14.4 Å². The number of nitrogens with zero attached hydrogens (tertiary/aromatic N) is 5. The van der Waals surface area contributed by atoms with Crippen molar-refractivity contribution in [3.63, 3.8) is 0 Å². The molecule has 1 saturated heterocycles. The van der Waals surface area contributed by atoms with Gasteiger partial charge in [-0.05, 0) is 30.7 Å². The number of aliphatic hydroxyl groups is 1. The average molecular weight is 393 g/mol. The van der Waals surface area contributed by atoms with Crippen molar-refractivity contribution in [2.24, 2.45) is 5.41 Å². The minimum Gasteiger partial charge on any atom is -0.449 e. The van der Waals surface area contributed by atoms with Gasteiger partial charge >= 0.3 is 0 Å². The van der Waals surface area contributed by atoms with Crippen LogP contribution in [0.1, 0.15) is 12.5 Å². The fraction of sp³-hybridized carbons (Fsp3) is 0.381. The number of para-hydroxylation sites is 2. The van der Waals surface area contributed by atoms with Gasteiger partial charge in [-0.15, -0.1) is 5.10 Å². The molecule has 2 aromatic heterocycles. The highest BCUT2D eigenvalue weighted by molar-refractivity contribution is 5.62. The van der Waals surface area contributed by atoms with Crippen LogP contribution in [0.3, 0.4) is 0 Å². The van der Waals surface area contributed by atoms with E-state index in [1.165, 1.54) is 0 Å². The number of ether oxygens (including phenoxy) is 2. The van der Waals surface area contributed by atoms with Gasteiger partial charge in [-0.3, -0.25) is 4.98 Å². The number of aliphatic hydroxyl groups excluding tert-OH is 1. The number of anilines is 1. The molecule has 3 aromatic rings. The van der Waals surface area contributed by atoms with Crippen molar-refractivity contribution in [2.45, 2.75) is 26.7 Å². The van der Waals surface area contributed by atoms with E-state index in [1.807, 2.05) is 43.6 Å². The zero-order valence-corrected chi connectivity index (χ0v) is 16.4. The third kappa shape index (κ3) is 3.29. The summed E-state index contributed by atoms with van der Waals surface area (Å²) in [5.74, 6) is 1.49. The van der Waals surface area contributed by atoms with Crippen molar-refractivity contribution >= 4 is 5.69 Å². The van der Waals surface area contributed by atoms with Crippen LogP contribution in [0.15, 0.2) is 42.7 Å². The SMILES string of the molecule is Cc1cc(N2CC(C)(CO)C2)cnc1-c1cn(CC2Oc3ccccc3O2)nn1. The molecule has 29 heavy (non-hydrogen) atoms. The lowest BCUT2D eigenvalue weighted by Crippen LogP contribution is -2.56. The van der Waals surface area contributed by atoms with E-state index in [-0.39, 0.29) is 12.0 Å². The predicted octanol–water partition coefficient (Wildman–Crippen LogP) is 2.26. The maximum absolute atomic E-state index is 9.44. The molecular weight excluding hydrogens is 370 g/mol. The Balaban J connectivity index is 1.27. The maximum Gasteiger partial charge on any atom is 0.260 e. The first-order chi connectivity index (χ1) is 14.0. The van der Waals surface area contributed by atoms with E-state index in [1.54, 1.807) is 4.68 Å². The van der Waals surface area contributed by atoms with Crippen LogP contribution in [0.4, 0.5) is 5.69 Å². The molecule has 0 spiro atoms. The average Bonchev–Trinajstić information content (AvgIpc) is 3.32.